The maximum atomic E-state index is 11.0. The number of thioether (sulfide) groups is 1. The molecule has 1 saturated heterocycles. The summed E-state index contributed by atoms with van der Waals surface area (Å²) in [4.78, 5) is 15.6. The highest BCUT2D eigenvalue weighted by atomic mass is 32.2. The van der Waals surface area contributed by atoms with E-state index in [9.17, 15) is 4.79 Å². The number of carboxylic acid groups (broad SMARTS) is 1. The van der Waals surface area contributed by atoms with Crippen molar-refractivity contribution >= 4 is 17.7 Å². The van der Waals surface area contributed by atoms with Crippen LogP contribution in [0.2, 0.25) is 0 Å². The minimum absolute atomic E-state index is 0.152. The minimum atomic E-state index is -0.963. The third-order valence-corrected chi connectivity index (χ3v) is 3.82. The molecule has 0 aromatic carbocycles. The predicted molar refractivity (Wildman–Crippen MR) is 60.9 cm³/mol. The molecule has 0 atom stereocenters. The molecule has 1 N–H and O–H groups in total. The van der Waals surface area contributed by atoms with Gasteiger partial charge >= 0.3 is 5.97 Å². The number of carbonyl (C=O) groups is 1. The smallest absolute Gasteiger partial charge is 0.355 e. The Morgan fingerprint density at radius 2 is 2.25 bits per heavy atom. The second kappa shape index (κ2) is 5.32. The van der Waals surface area contributed by atoms with Gasteiger partial charge in [-0.05, 0) is 25.0 Å². The molecule has 5 heteroatoms. The monoisotopic (exact) mass is 239 g/mol. The minimum Gasteiger partial charge on any atom is -0.476 e. The first kappa shape index (κ1) is 11.4. The normalized spacial score (nSPS) is 17.2. The summed E-state index contributed by atoms with van der Waals surface area (Å²) in [7, 11) is 0. The van der Waals surface area contributed by atoms with Gasteiger partial charge in [-0.3, -0.25) is 0 Å². The molecule has 0 unspecified atom stereocenters. The molecule has 86 valence electrons. The van der Waals surface area contributed by atoms with E-state index in [1.54, 1.807) is 17.8 Å². The summed E-state index contributed by atoms with van der Waals surface area (Å²) in [5.41, 5.74) is 0.152. The van der Waals surface area contributed by atoms with E-state index in [0.717, 1.165) is 31.0 Å². The Kier molecular flexibility index (Phi) is 3.79. The highest BCUT2D eigenvalue weighted by molar-refractivity contribution is 8.00. The molecule has 1 aliphatic heterocycles. The SMILES string of the molecule is O=C(O)c1ncccc1SC1CCOCC1. The molecule has 0 aliphatic carbocycles. The topological polar surface area (TPSA) is 59.4 Å². The second-order valence-corrected chi connectivity index (χ2v) is 4.93. The Morgan fingerprint density at radius 3 is 2.94 bits per heavy atom. The Bertz CT molecular complexity index is 377. The van der Waals surface area contributed by atoms with Crippen LogP contribution in [-0.4, -0.2) is 34.5 Å². The van der Waals surface area contributed by atoms with Gasteiger partial charge in [0.1, 0.15) is 0 Å². The lowest BCUT2D eigenvalue weighted by molar-refractivity contribution is 0.0686. The molecule has 0 amide bonds. The largest absolute Gasteiger partial charge is 0.476 e. The summed E-state index contributed by atoms with van der Waals surface area (Å²) in [6.45, 7) is 1.53. The lowest BCUT2D eigenvalue weighted by Crippen LogP contribution is -2.18. The van der Waals surface area contributed by atoms with Crippen LogP contribution < -0.4 is 0 Å². The van der Waals surface area contributed by atoms with E-state index in [2.05, 4.69) is 4.98 Å². The molecule has 0 bridgehead atoms. The lowest BCUT2D eigenvalue weighted by Gasteiger charge is -2.21. The van der Waals surface area contributed by atoms with Gasteiger partial charge in [-0.15, -0.1) is 11.8 Å². The zero-order valence-corrected chi connectivity index (χ0v) is 9.57. The van der Waals surface area contributed by atoms with E-state index >= 15 is 0 Å². The fourth-order valence-corrected chi connectivity index (χ4v) is 2.82. The van der Waals surface area contributed by atoms with E-state index in [-0.39, 0.29) is 5.69 Å². The van der Waals surface area contributed by atoms with Crippen molar-refractivity contribution in [3.05, 3.63) is 24.0 Å². The fraction of sp³-hybridized carbons (Fsp3) is 0.455. The molecular formula is C11H13NO3S. The Balaban J connectivity index is 2.10. The zero-order chi connectivity index (χ0) is 11.4. The molecule has 1 aromatic rings. The first-order valence-electron chi connectivity index (χ1n) is 5.20. The van der Waals surface area contributed by atoms with Crippen molar-refractivity contribution in [1.82, 2.24) is 4.98 Å². The highest BCUT2D eigenvalue weighted by Gasteiger charge is 2.19. The number of hydrogen-bond acceptors (Lipinski definition) is 4. The maximum absolute atomic E-state index is 11.0. The third kappa shape index (κ3) is 2.74. The van der Waals surface area contributed by atoms with Crippen molar-refractivity contribution < 1.29 is 14.6 Å². The lowest BCUT2D eigenvalue weighted by atomic mass is 10.2. The summed E-state index contributed by atoms with van der Waals surface area (Å²) in [5.74, 6) is -0.963. The summed E-state index contributed by atoms with van der Waals surface area (Å²) in [6, 6.07) is 3.59. The number of aromatic nitrogens is 1. The number of ether oxygens (including phenoxy) is 1. The second-order valence-electron chi connectivity index (χ2n) is 3.58. The van der Waals surface area contributed by atoms with Crippen molar-refractivity contribution in [3.8, 4) is 0 Å². The van der Waals surface area contributed by atoms with Gasteiger partial charge in [-0.25, -0.2) is 9.78 Å². The van der Waals surface area contributed by atoms with E-state index in [4.69, 9.17) is 9.84 Å². The quantitative estimate of drug-likeness (QED) is 0.874. The van der Waals surface area contributed by atoms with Crippen LogP contribution in [0.5, 0.6) is 0 Å². The van der Waals surface area contributed by atoms with Crippen LogP contribution >= 0.6 is 11.8 Å². The number of aromatic carboxylic acids is 1. The van der Waals surface area contributed by atoms with Gasteiger partial charge in [0.2, 0.25) is 0 Å². The van der Waals surface area contributed by atoms with Crippen molar-refractivity contribution in [2.45, 2.75) is 23.0 Å². The summed E-state index contributed by atoms with van der Waals surface area (Å²) in [5, 5.41) is 9.44. The van der Waals surface area contributed by atoms with Gasteiger partial charge in [-0.2, -0.15) is 0 Å². The standard InChI is InChI=1S/C11H13NO3S/c13-11(14)10-9(2-1-5-12-10)16-8-3-6-15-7-4-8/h1-2,5,8H,3-4,6-7H2,(H,13,14). The van der Waals surface area contributed by atoms with Crippen LogP contribution in [0.3, 0.4) is 0 Å². The third-order valence-electron chi connectivity index (χ3n) is 2.44. The van der Waals surface area contributed by atoms with Crippen molar-refractivity contribution in [3.63, 3.8) is 0 Å². The molecule has 1 fully saturated rings. The number of pyridine rings is 1. The average Bonchev–Trinajstić information content (AvgIpc) is 2.31. The van der Waals surface area contributed by atoms with E-state index in [0.29, 0.717) is 5.25 Å². The van der Waals surface area contributed by atoms with E-state index in [1.165, 1.54) is 6.20 Å². The van der Waals surface area contributed by atoms with Crippen molar-refractivity contribution in [1.29, 1.82) is 0 Å². The van der Waals surface area contributed by atoms with Gasteiger partial charge in [0.15, 0.2) is 5.69 Å². The highest BCUT2D eigenvalue weighted by Crippen LogP contribution is 2.31. The maximum Gasteiger partial charge on any atom is 0.355 e. The Labute approximate surface area is 98.0 Å². The molecule has 2 heterocycles. The molecule has 1 aliphatic rings. The van der Waals surface area contributed by atoms with Crippen molar-refractivity contribution in [2.75, 3.05) is 13.2 Å². The Morgan fingerprint density at radius 1 is 1.50 bits per heavy atom. The van der Waals surface area contributed by atoms with Crippen LogP contribution in [0.1, 0.15) is 23.3 Å². The molecule has 1 aromatic heterocycles. The first-order valence-corrected chi connectivity index (χ1v) is 6.08. The number of nitrogens with zero attached hydrogens (tertiary/aromatic N) is 1. The number of carboxylic acids is 1. The van der Waals surface area contributed by atoms with Gasteiger partial charge in [-0.1, -0.05) is 0 Å². The van der Waals surface area contributed by atoms with Gasteiger partial charge < -0.3 is 9.84 Å². The van der Waals surface area contributed by atoms with E-state index in [1.807, 2.05) is 6.07 Å². The van der Waals surface area contributed by atoms with Crippen LogP contribution in [0.4, 0.5) is 0 Å². The van der Waals surface area contributed by atoms with Crippen molar-refractivity contribution in [2.24, 2.45) is 0 Å². The van der Waals surface area contributed by atoms with Crippen LogP contribution in [0, 0.1) is 0 Å². The van der Waals surface area contributed by atoms with Crippen LogP contribution in [0.15, 0.2) is 23.2 Å². The van der Waals surface area contributed by atoms with Crippen LogP contribution in [-0.2, 0) is 4.74 Å². The molecule has 16 heavy (non-hydrogen) atoms. The molecule has 0 spiro atoms. The van der Waals surface area contributed by atoms with Gasteiger partial charge in [0.25, 0.3) is 0 Å². The number of hydrogen-bond donors (Lipinski definition) is 1. The molecule has 4 nitrogen and oxygen atoms in total. The zero-order valence-electron chi connectivity index (χ0n) is 8.76. The first-order chi connectivity index (χ1) is 7.77. The van der Waals surface area contributed by atoms with E-state index < -0.39 is 5.97 Å². The van der Waals surface area contributed by atoms with Gasteiger partial charge in [0, 0.05) is 29.6 Å². The predicted octanol–water partition coefficient (Wildman–Crippen LogP) is 2.05. The van der Waals surface area contributed by atoms with Gasteiger partial charge in [0.05, 0.1) is 0 Å². The summed E-state index contributed by atoms with van der Waals surface area (Å²) in [6.07, 6.45) is 3.45. The summed E-state index contributed by atoms with van der Waals surface area (Å²) < 4.78 is 5.27. The average molecular weight is 239 g/mol. The molecule has 0 radical (unpaired) electrons. The Hall–Kier alpha value is -1.07. The van der Waals surface area contributed by atoms with Crippen LogP contribution in [0.25, 0.3) is 0 Å². The number of rotatable bonds is 3. The summed E-state index contributed by atoms with van der Waals surface area (Å²) >= 11 is 1.60. The fourth-order valence-electron chi connectivity index (χ4n) is 1.62. The molecule has 0 saturated carbocycles. The molecule has 2 rings (SSSR count). The molecular weight excluding hydrogens is 226 g/mol.